The first kappa shape index (κ1) is 15.8. The first-order valence-electron chi connectivity index (χ1n) is 7.66. The fraction of sp³-hybridized carbons (Fsp3) is 0.0588. The maximum Gasteiger partial charge on any atom is 0.382 e. The van der Waals surface area contributed by atoms with Gasteiger partial charge in [-0.1, -0.05) is 9.61 Å². The second kappa shape index (κ2) is 5.66. The van der Waals surface area contributed by atoms with E-state index in [9.17, 15) is 14.3 Å². The van der Waals surface area contributed by atoms with Gasteiger partial charge in [0, 0.05) is 24.4 Å². The topological polar surface area (TPSA) is 103 Å². The summed E-state index contributed by atoms with van der Waals surface area (Å²) in [5.41, 5.74) is 3.03. The highest BCUT2D eigenvalue weighted by Gasteiger charge is 2.27. The number of hydrogen-bond donors (Lipinski definition) is 2. The summed E-state index contributed by atoms with van der Waals surface area (Å²) >= 11 is 0. The number of halogens is 1. The molecule has 0 fully saturated rings. The Morgan fingerprint density at radius 1 is 1.23 bits per heavy atom. The number of aryl methyl sites for hydroxylation is 1. The zero-order valence-electron chi connectivity index (χ0n) is 13.7. The minimum atomic E-state index is -1.16. The third-order valence-corrected chi connectivity index (χ3v) is 4.08. The number of imidazole rings is 1. The number of rotatable bonds is 3. The predicted molar refractivity (Wildman–Crippen MR) is 90.1 cm³/mol. The van der Waals surface area contributed by atoms with Crippen LogP contribution in [0.2, 0.25) is 0 Å². The summed E-state index contributed by atoms with van der Waals surface area (Å²) in [5.74, 6) is 4.50. The highest BCUT2D eigenvalue weighted by Crippen LogP contribution is 2.32. The number of hydrogen-bond acceptors (Lipinski definition) is 4. The van der Waals surface area contributed by atoms with E-state index in [1.807, 2.05) is 0 Å². The number of aromatic carboxylic acids is 1. The van der Waals surface area contributed by atoms with Crippen LogP contribution in [0, 0.1) is 5.82 Å². The summed E-state index contributed by atoms with van der Waals surface area (Å²) in [4.78, 5) is 11.4. The molecule has 4 rings (SSSR count). The van der Waals surface area contributed by atoms with Crippen molar-refractivity contribution in [3.63, 3.8) is 0 Å². The molecule has 0 aliphatic carbocycles. The number of nitrogens with zero attached hydrogens (tertiary/aromatic N) is 5. The molecule has 26 heavy (non-hydrogen) atoms. The van der Waals surface area contributed by atoms with Crippen molar-refractivity contribution in [2.24, 2.45) is 7.05 Å². The molecule has 0 amide bonds. The smallest absolute Gasteiger partial charge is 0.382 e. The summed E-state index contributed by atoms with van der Waals surface area (Å²) in [7, 11) is 1.77. The first-order valence-corrected chi connectivity index (χ1v) is 7.66. The Morgan fingerprint density at radius 2 is 1.96 bits per heavy atom. The van der Waals surface area contributed by atoms with Crippen molar-refractivity contribution in [1.29, 1.82) is 0 Å². The molecule has 9 heteroatoms. The molecule has 130 valence electrons. The van der Waals surface area contributed by atoms with Gasteiger partial charge in [-0.25, -0.2) is 9.18 Å². The number of nitrogen functional groups attached to an aromatic ring is 1. The van der Waals surface area contributed by atoms with Crippen molar-refractivity contribution in [1.82, 2.24) is 19.6 Å². The summed E-state index contributed by atoms with van der Waals surface area (Å²) in [6, 6.07) is 7.72. The van der Waals surface area contributed by atoms with Crippen LogP contribution in [-0.4, -0.2) is 30.6 Å². The molecule has 3 aromatic heterocycles. The zero-order chi connectivity index (χ0) is 18.4. The lowest BCUT2D eigenvalue weighted by Gasteiger charge is -2.02. The molecular weight excluding hydrogens is 339 g/mol. The molecule has 0 radical (unpaired) electrons. The minimum absolute atomic E-state index is 0.0998. The number of carbonyl (C=O) groups is 1. The van der Waals surface area contributed by atoms with E-state index in [0.29, 0.717) is 16.9 Å². The van der Waals surface area contributed by atoms with Gasteiger partial charge in [0.25, 0.3) is 5.69 Å². The molecule has 0 aliphatic rings. The van der Waals surface area contributed by atoms with Crippen LogP contribution in [0.1, 0.15) is 10.5 Å². The monoisotopic (exact) mass is 353 g/mol. The van der Waals surface area contributed by atoms with Gasteiger partial charge >= 0.3 is 11.6 Å². The van der Waals surface area contributed by atoms with Gasteiger partial charge < -0.3 is 5.11 Å². The number of carboxylic acids is 1. The molecule has 1 aromatic carbocycles. The Bertz CT molecular complexity index is 1150. The van der Waals surface area contributed by atoms with Crippen LogP contribution in [0.3, 0.4) is 0 Å². The van der Waals surface area contributed by atoms with Gasteiger partial charge in [0.2, 0.25) is 0 Å². The van der Waals surface area contributed by atoms with Crippen LogP contribution in [0.15, 0.2) is 48.9 Å². The van der Waals surface area contributed by atoms with Gasteiger partial charge in [-0.3, -0.25) is 10.5 Å². The van der Waals surface area contributed by atoms with Gasteiger partial charge in [-0.2, -0.15) is 5.10 Å². The van der Waals surface area contributed by atoms with E-state index >= 15 is 0 Å². The Hall–Kier alpha value is -3.75. The van der Waals surface area contributed by atoms with E-state index in [-0.39, 0.29) is 11.5 Å². The predicted octanol–water partition coefficient (Wildman–Crippen LogP) is 1.24. The number of aromatic nitrogens is 5. The van der Waals surface area contributed by atoms with Crippen LogP contribution in [0.4, 0.5) is 4.39 Å². The molecule has 0 atom stereocenters. The molecule has 3 N–H and O–H groups in total. The van der Waals surface area contributed by atoms with Crippen molar-refractivity contribution in [3.8, 4) is 22.4 Å². The zero-order valence-corrected chi connectivity index (χ0v) is 13.7. The standard InChI is InChI=1S/C17H13FN6O2/c1-22-8-13(15(21-22)10-2-4-11(18)5-3-10)12-6-7-20-23-9-14(17(25)26)24(19)16(12)23/h2-9H,1H3,(H2-,19,20,25,26)/p+1. The van der Waals surface area contributed by atoms with Crippen LogP contribution in [0.5, 0.6) is 0 Å². The third kappa shape index (κ3) is 2.37. The van der Waals surface area contributed by atoms with Crippen molar-refractivity contribution in [2.75, 3.05) is 5.84 Å². The lowest BCUT2D eigenvalue weighted by molar-refractivity contribution is -0.579. The van der Waals surface area contributed by atoms with Crippen LogP contribution in [0.25, 0.3) is 28.0 Å². The van der Waals surface area contributed by atoms with Gasteiger partial charge in [-0.05, 0) is 30.3 Å². The van der Waals surface area contributed by atoms with E-state index < -0.39 is 5.97 Å². The number of nitrogens with two attached hydrogens (primary N) is 1. The lowest BCUT2D eigenvalue weighted by Crippen LogP contribution is -2.26. The quantitative estimate of drug-likeness (QED) is 0.426. The summed E-state index contributed by atoms with van der Waals surface area (Å²) in [6.07, 6.45) is 4.69. The molecule has 3 heterocycles. The fourth-order valence-corrected chi connectivity index (χ4v) is 2.93. The molecule has 4 aromatic rings. The van der Waals surface area contributed by atoms with Gasteiger partial charge in [-0.15, -0.1) is 4.68 Å². The molecule has 8 nitrogen and oxygen atoms in total. The van der Waals surface area contributed by atoms with E-state index in [1.165, 1.54) is 22.8 Å². The van der Waals surface area contributed by atoms with Crippen LogP contribution >= 0.6 is 0 Å². The van der Waals surface area contributed by atoms with Crippen molar-refractivity contribution < 1.29 is 18.8 Å². The average Bonchev–Trinajstić information content (AvgIpc) is 3.16. The Kier molecular flexibility index (Phi) is 3.43. The minimum Gasteiger partial charge on any atom is -0.475 e. The number of carboxylic acid groups (broad SMARTS) is 1. The largest absolute Gasteiger partial charge is 0.475 e. The molecular formula is C17H14FN6O2+. The normalized spacial score (nSPS) is 11.2. The van der Waals surface area contributed by atoms with Crippen LogP contribution in [-0.2, 0) is 7.05 Å². The van der Waals surface area contributed by atoms with E-state index in [4.69, 9.17) is 5.84 Å². The molecule has 0 bridgehead atoms. The summed E-state index contributed by atoms with van der Waals surface area (Å²) < 4.78 is 17.4. The Morgan fingerprint density at radius 3 is 2.65 bits per heavy atom. The Balaban J connectivity index is 2.00. The fourth-order valence-electron chi connectivity index (χ4n) is 2.93. The van der Waals surface area contributed by atoms with Crippen molar-refractivity contribution in [3.05, 3.63) is 60.4 Å². The lowest BCUT2D eigenvalue weighted by atomic mass is 10.0. The molecule has 0 spiro atoms. The number of benzene rings is 1. The maximum absolute atomic E-state index is 13.3. The van der Waals surface area contributed by atoms with Gasteiger partial charge in [0.1, 0.15) is 11.5 Å². The maximum atomic E-state index is 13.3. The van der Waals surface area contributed by atoms with Crippen LogP contribution < -0.4 is 10.4 Å². The second-order valence-electron chi connectivity index (χ2n) is 5.77. The highest BCUT2D eigenvalue weighted by atomic mass is 19.1. The van der Waals surface area contributed by atoms with E-state index in [1.54, 1.807) is 42.3 Å². The van der Waals surface area contributed by atoms with Crippen molar-refractivity contribution in [2.45, 2.75) is 0 Å². The van der Waals surface area contributed by atoms with Gasteiger partial charge in [0.05, 0.1) is 11.8 Å². The first-order chi connectivity index (χ1) is 12.5. The van der Waals surface area contributed by atoms with Crippen molar-refractivity contribution >= 4 is 11.6 Å². The Labute approximate surface area is 146 Å². The molecule has 0 saturated heterocycles. The summed E-state index contributed by atoms with van der Waals surface area (Å²) in [6.45, 7) is 0. The second-order valence-corrected chi connectivity index (χ2v) is 5.77. The van der Waals surface area contributed by atoms with E-state index in [0.717, 1.165) is 15.8 Å². The third-order valence-electron chi connectivity index (χ3n) is 4.08. The molecule has 0 saturated carbocycles. The SMILES string of the molecule is Cn1cc(-c2ccn[n+]3cc(C(=O)O)n(N)c23)c(-c2ccc(F)cc2)n1. The molecule has 0 unspecified atom stereocenters. The average molecular weight is 353 g/mol. The highest BCUT2D eigenvalue weighted by molar-refractivity contribution is 5.89. The summed E-state index contributed by atoms with van der Waals surface area (Å²) in [5, 5.41) is 17.9. The number of fused-ring (bicyclic) bond motifs is 1. The molecule has 0 aliphatic heterocycles. The van der Waals surface area contributed by atoms with E-state index in [2.05, 4.69) is 10.2 Å². The van der Waals surface area contributed by atoms with Gasteiger partial charge in [0.15, 0.2) is 6.20 Å².